The minimum atomic E-state index is -0.506. The number of benzene rings is 2. The molecular weight excluding hydrogens is 290 g/mol. The number of carbonyl (C=O) groups is 1. The summed E-state index contributed by atoms with van der Waals surface area (Å²) >= 11 is 0. The molecule has 0 unspecified atom stereocenters. The summed E-state index contributed by atoms with van der Waals surface area (Å²) in [7, 11) is 1.61. The van der Waals surface area contributed by atoms with E-state index in [0.29, 0.717) is 18.7 Å². The highest BCUT2D eigenvalue weighted by molar-refractivity contribution is 5.81. The van der Waals surface area contributed by atoms with E-state index >= 15 is 0 Å². The van der Waals surface area contributed by atoms with Crippen LogP contribution >= 0.6 is 0 Å². The Kier molecular flexibility index (Phi) is 6.03. The molecule has 2 aromatic rings. The number of hydrogen-bond donors (Lipinski definition) is 1. The van der Waals surface area contributed by atoms with Gasteiger partial charge in [-0.15, -0.1) is 0 Å². The Morgan fingerprint density at radius 2 is 1.83 bits per heavy atom. The lowest BCUT2D eigenvalue weighted by Crippen LogP contribution is -2.37. The van der Waals surface area contributed by atoms with Gasteiger partial charge in [0.15, 0.2) is 6.10 Å². The molecule has 0 aliphatic carbocycles. The molecule has 1 N–H and O–H groups in total. The standard InChI is InChI=1S/C19H23NO3/c1-4-18(23-17-10-8-16(22-3)9-11-17)19(21)20-13-15-7-5-6-14(2)12-15/h5-12,18H,4,13H2,1-3H3,(H,20,21)/t18-/m0/s1. The Morgan fingerprint density at radius 1 is 1.13 bits per heavy atom. The molecule has 0 fully saturated rings. The summed E-state index contributed by atoms with van der Waals surface area (Å²) in [6.07, 6.45) is 0.0966. The van der Waals surface area contributed by atoms with Crippen molar-refractivity contribution in [3.63, 3.8) is 0 Å². The lowest BCUT2D eigenvalue weighted by molar-refractivity contribution is -0.128. The van der Waals surface area contributed by atoms with E-state index in [1.165, 1.54) is 5.56 Å². The first-order chi connectivity index (χ1) is 11.1. The summed E-state index contributed by atoms with van der Waals surface area (Å²) in [6.45, 7) is 4.47. The fraction of sp³-hybridized carbons (Fsp3) is 0.316. The van der Waals surface area contributed by atoms with Crippen molar-refractivity contribution in [2.75, 3.05) is 7.11 Å². The fourth-order valence-corrected chi connectivity index (χ4v) is 2.27. The second-order valence-electron chi connectivity index (χ2n) is 5.40. The van der Waals surface area contributed by atoms with E-state index in [9.17, 15) is 4.79 Å². The largest absolute Gasteiger partial charge is 0.497 e. The minimum absolute atomic E-state index is 0.107. The second-order valence-corrected chi connectivity index (χ2v) is 5.40. The molecule has 1 atom stereocenters. The molecular formula is C19H23NO3. The lowest BCUT2D eigenvalue weighted by Gasteiger charge is -2.17. The van der Waals surface area contributed by atoms with Gasteiger partial charge in [-0.3, -0.25) is 4.79 Å². The van der Waals surface area contributed by atoms with Gasteiger partial charge in [0.05, 0.1) is 7.11 Å². The van der Waals surface area contributed by atoms with Gasteiger partial charge in [0.25, 0.3) is 5.91 Å². The van der Waals surface area contributed by atoms with Crippen molar-refractivity contribution in [2.45, 2.75) is 32.9 Å². The summed E-state index contributed by atoms with van der Waals surface area (Å²) in [5.41, 5.74) is 2.26. The van der Waals surface area contributed by atoms with Crippen LogP contribution in [0.2, 0.25) is 0 Å². The van der Waals surface area contributed by atoms with Gasteiger partial charge < -0.3 is 14.8 Å². The number of methoxy groups -OCH3 is 1. The lowest BCUT2D eigenvalue weighted by atomic mass is 10.1. The third-order valence-electron chi connectivity index (χ3n) is 3.55. The topological polar surface area (TPSA) is 47.6 Å². The van der Waals surface area contributed by atoms with E-state index in [1.54, 1.807) is 19.2 Å². The molecule has 0 aliphatic rings. The predicted molar refractivity (Wildman–Crippen MR) is 90.7 cm³/mol. The zero-order valence-corrected chi connectivity index (χ0v) is 13.8. The smallest absolute Gasteiger partial charge is 0.261 e. The summed E-state index contributed by atoms with van der Waals surface area (Å²) in [5, 5.41) is 2.93. The normalized spacial score (nSPS) is 11.6. The molecule has 23 heavy (non-hydrogen) atoms. The average Bonchev–Trinajstić information content (AvgIpc) is 2.58. The summed E-state index contributed by atoms with van der Waals surface area (Å²) < 4.78 is 10.9. The monoisotopic (exact) mass is 313 g/mol. The van der Waals surface area contributed by atoms with E-state index in [2.05, 4.69) is 11.4 Å². The van der Waals surface area contributed by atoms with Crippen LogP contribution < -0.4 is 14.8 Å². The van der Waals surface area contributed by atoms with E-state index in [4.69, 9.17) is 9.47 Å². The molecule has 0 heterocycles. The van der Waals surface area contributed by atoms with Gasteiger partial charge in [0.2, 0.25) is 0 Å². The molecule has 0 radical (unpaired) electrons. The molecule has 0 aliphatic heterocycles. The van der Waals surface area contributed by atoms with Crippen molar-refractivity contribution in [3.05, 3.63) is 59.7 Å². The first kappa shape index (κ1) is 16.9. The maximum atomic E-state index is 12.3. The summed E-state index contributed by atoms with van der Waals surface area (Å²) in [5.74, 6) is 1.31. The van der Waals surface area contributed by atoms with Crippen LogP contribution in [-0.4, -0.2) is 19.1 Å². The van der Waals surface area contributed by atoms with Crippen molar-refractivity contribution in [1.29, 1.82) is 0 Å². The number of aryl methyl sites for hydroxylation is 1. The molecule has 122 valence electrons. The molecule has 0 spiro atoms. The molecule has 2 rings (SSSR count). The van der Waals surface area contributed by atoms with Crippen LogP contribution in [0.4, 0.5) is 0 Å². The van der Waals surface area contributed by atoms with E-state index in [0.717, 1.165) is 11.3 Å². The van der Waals surface area contributed by atoms with Gasteiger partial charge in [-0.05, 0) is 43.2 Å². The van der Waals surface area contributed by atoms with Crippen LogP contribution in [0.3, 0.4) is 0 Å². The molecule has 4 heteroatoms. The van der Waals surface area contributed by atoms with Gasteiger partial charge in [-0.2, -0.15) is 0 Å². The van der Waals surface area contributed by atoms with Crippen LogP contribution in [-0.2, 0) is 11.3 Å². The number of nitrogens with one attached hydrogen (secondary N) is 1. The van der Waals surface area contributed by atoms with Crippen LogP contribution in [0.25, 0.3) is 0 Å². The van der Waals surface area contributed by atoms with Gasteiger partial charge in [-0.1, -0.05) is 36.8 Å². The quantitative estimate of drug-likeness (QED) is 0.851. The molecule has 1 amide bonds. The molecule has 0 saturated carbocycles. The molecule has 0 saturated heterocycles. The summed E-state index contributed by atoms with van der Waals surface area (Å²) in [4.78, 5) is 12.3. The molecule has 4 nitrogen and oxygen atoms in total. The average molecular weight is 313 g/mol. The third-order valence-corrected chi connectivity index (χ3v) is 3.55. The van der Waals surface area contributed by atoms with Gasteiger partial charge in [0.1, 0.15) is 11.5 Å². The first-order valence-electron chi connectivity index (χ1n) is 7.76. The molecule has 0 bridgehead atoms. The van der Waals surface area contributed by atoms with Crippen molar-refractivity contribution >= 4 is 5.91 Å². The summed E-state index contributed by atoms with van der Waals surface area (Å²) in [6, 6.07) is 15.3. The van der Waals surface area contributed by atoms with Crippen LogP contribution in [0.1, 0.15) is 24.5 Å². The highest BCUT2D eigenvalue weighted by atomic mass is 16.5. The van der Waals surface area contributed by atoms with E-state index in [1.807, 2.05) is 44.2 Å². The Labute approximate surface area is 137 Å². The number of carbonyl (C=O) groups excluding carboxylic acids is 1. The fourth-order valence-electron chi connectivity index (χ4n) is 2.27. The van der Waals surface area contributed by atoms with Crippen molar-refractivity contribution in [3.8, 4) is 11.5 Å². The number of rotatable bonds is 7. The zero-order valence-electron chi connectivity index (χ0n) is 13.8. The Balaban J connectivity index is 1.92. The van der Waals surface area contributed by atoms with Gasteiger partial charge in [-0.25, -0.2) is 0 Å². The number of amides is 1. The maximum Gasteiger partial charge on any atom is 0.261 e. The van der Waals surface area contributed by atoms with Crippen molar-refractivity contribution in [1.82, 2.24) is 5.32 Å². The highest BCUT2D eigenvalue weighted by Gasteiger charge is 2.18. The predicted octanol–water partition coefficient (Wildman–Crippen LogP) is 3.48. The second kappa shape index (κ2) is 8.22. The van der Waals surface area contributed by atoms with Crippen LogP contribution in [0.5, 0.6) is 11.5 Å². The Morgan fingerprint density at radius 3 is 2.43 bits per heavy atom. The van der Waals surface area contributed by atoms with Gasteiger partial charge in [0, 0.05) is 6.54 Å². The van der Waals surface area contributed by atoms with E-state index in [-0.39, 0.29) is 5.91 Å². The van der Waals surface area contributed by atoms with Crippen molar-refractivity contribution < 1.29 is 14.3 Å². The molecule has 2 aromatic carbocycles. The molecule has 0 aromatic heterocycles. The van der Waals surface area contributed by atoms with Gasteiger partial charge >= 0.3 is 0 Å². The first-order valence-corrected chi connectivity index (χ1v) is 7.76. The SMILES string of the molecule is CC[C@H](Oc1ccc(OC)cc1)C(=O)NCc1cccc(C)c1. The Bertz CT molecular complexity index is 637. The minimum Gasteiger partial charge on any atom is -0.497 e. The van der Waals surface area contributed by atoms with Crippen LogP contribution in [0, 0.1) is 6.92 Å². The number of hydrogen-bond acceptors (Lipinski definition) is 3. The maximum absolute atomic E-state index is 12.3. The van der Waals surface area contributed by atoms with E-state index < -0.39 is 6.10 Å². The Hall–Kier alpha value is -2.49. The zero-order chi connectivity index (χ0) is 16.7. The van der Waals surface area contributed by atoms with Crippen LogP contribution in [0.15, 0.2) is 48.5 Å². The highest BCUT2D eigenvalue weighted by Crippen LogP contribution is 2.19. The number of ether oxygens (including phenoxy) is 2. The third kappa shape index (κ3) is 5.02. The van der Waals surface area contributed by atoms with Crippen molar-refractivity contribution in [2.24, 2.45) is 0 Å².